The van der Waals surface area contributed by atoms with Crippen molar-refractivity contribution in [2.75, 3.05) is 13.2 Å². The minimum absolute atomic E-state index is 0.650. The number of carbonyl (C=O) groups is 1. The number of carbonyl (C=O) groups excluding carboxylic acids is 1. The maximum Gasteiger partial charge on any atom is 0.168 e. The fourth-order valence-corrected chi connectivity index (χ4v) is 2.05. The summed E-state index contributed by atoms with van der Waals surface area (Å²) in [6, 6.07) is 9.47. The van der Waals surface area contributed by atoms with Crippen molar-refractivity contribution in [2.45, 2.75) is 26.7 Å². The van der Waals surface area contributed by atoms with Crippen molar-refractivity contribution >= 4 is 17.1 Å². The van der Waals surface area contributed by atoms with Gasteiger partial charge in [0.25, 0.3) is 0 Å². The van der Waals surface area contributed by atoms with Crippen molar-refractivity contribution in [3.05, 3.63) is 35.9 Å². The zero-order valence-corrected chi connectivity index (χ0v) is 12.0. The van der Waals surface area contributed by atoms with E-state index in [1.807, 2.05) is 24.3 Å². The maximum absolute atomic E-state index is 10.9. The summed E-state index contributed by atoms with van der Waals surface area (Å²) in [5.74, 6) is 1.54. The molecule has 0 atom stereocenters. The lowest BCUT2D eigenvalue weighted by Gasteiger charge is -2.14. The second-order valence-electron chi connectivity index (χ2n) is 4.69. The summed E-state index contributed by atoms with van der Waals surface area (Å²) in [4.78, 5) is 10.9. The monoisotopic (exact) mass is 272 g/mol. The van der Waals surface area contributed by atoms with Crippen LogP contribution in [0.3, 0.4) is 0 Å². The molecule has 0 amide bonds. The summed E-state index contributed by atoms with van der Waals surface area (Å²) in [7, 11) is 0. The van der Waals surface area contributed by atoms with Crippen molar-refractivity contribution in [3.8, 4) is 11.5 Å². The van der Waals surface area contributed by atoms with E-state index in [9.17, 15) is 4.79 Å². The largest absolute Gasteiger partial charge is 0.490 e. The predicted octanol–water partition coefficient (Wildman–Crippen LogP) is 4.23. The Morgan fingerprint density at radius 3 is 2.45 bits per heavy atom. The summed E-state index contributed by atoms with van der Waals surface area (Å²) in [6.07, 6.45) is 2.75. The number of ether oxygens (including phenoxy) is 2. The van der Waals surface area contributed by atoms with Gasteiger partial charge in [0.15, 0.2) is 11.5 Å². The maximum atomic E-state index is 10.9. The van der Waals surface area contributed by atoms with E-state index in [1.54, 1.807) is 6.07 Å². The third kappa shape index (κ3) is 3.10. The van der Waals surface area contributed by atoms with Crippen molar-refractivity contribution in [3.63, 3.8) is 0 Å². The van der Waals surface area contributed by atoms with Gasteiger partial charge in [-0.15, -0.1) is 0 Å². The summed E-state index contributed by atoms with van der Waals surface area (Å²) < 4.78 is 11.6. The van der Waals surface area contributed by atoms with Crippen molar-refractivity contribution in [1.82, 2.24) is 0 Å². The highest BCUT2D eigenvalue weighted by Gasteiger charge is 2.10. The van der Waals surface area contributed by atoms with Gasteiger partial charge in [0.1, 0.15) is 6.29 Å². The molecule has 0 fully saturated rings. The Hall–Kier alpha value is -2.03. The highest BCUT2D eigenvalue weighted by Crippen LogP contribution is 2.36. The first-order chi connectivity index (χ1) is 9.80. The highest BCUT2D eigenvalue weighted by atomic mass is 16.5. The molecule has 0 aliphatic rings. The van der Waals surface area contributed by atoms with Gasteiger partial charge in [0.05, 0.1) is 13.2 Å². The van der Waals surface area contributed by atoms with E-state index in [1.165, 1.54) is 0 Å². The Bertz CT molecular complexity index is 590. The summed E-state index contributed by atoms with van der Waals surface area (Å²) in [5, 5.41) is 1.97. The van der Waals surface area contributed by atoms with E-state index in [-0.39, 0.29) is 0 Å². The molecule has 20 heavy (non-hydrogen) atoms. The second-order valence-corrected chi connectivity index (χ2v) is 4.69. The Morgan fingerprint density at radius 1 is 1.00 bits per heavy atom. The molecule has 0 saturated carbocycles. The Morgan fingerprint density at radius 2 is 1.75 bits per heavy atom. The number of fused-ring (bicyclic) bond motifs is 1. The molecule has 2 aromatic rings. The molecular formula is C17H20O3. The molecule has 2 rings (SSSR count). The first-order valence-electron chi connectivity index (χ1n) is 7.07. The Kier molecular flexibility index (Phi) is 4.99. The van der Waals surface area contributed by atoms with E-state index < -0.39 is 0 Å². The number of hydrogen-bond acceptors (Lipinski definition) is 3. The molecule has 3 nitrogen and oxygen atoms in total. The van der Waals surface area contributed by atoms with E-state index in [0.29, 0.717) is 18.8 Å². The minimum Gasteiger partial charge on any atom is -0.490 e. The average Bonchev–Trinajstić information content (AvgIpc) is 2.50. The zero-order chi connectivity index (χ0) is 14.4. The molecule has 0 aromatic heterocycles. The number of benzene rings is 2. The molecule has 0 N–H and O–H groups in total. The van der Waals surface area contributed by atoms with Crippen LogP contribution in [0.25, 0.3) is 10.8 Å². The van der Waals surface area contributed by atoms with Crippen LogP contribution in [0.15, 0.2) is 30.3 Å². The molecule has 0 aliphatic heterocycles. The van der Waals surface area contributed by atoms with Gasteiger partial charge >= 0.3 is 0 Å². The van der Waals surface area contributed by atoms with Gasteiger partial charge in [-0.25, -0.2) is 0 Å². The number of rotatable bonds is 7. The van der Waals surface area contributed by atoms with Crippen LogP contribution in [0.5, 0.6) is 11.5 Å². The quantitative estimate of drug-likeness (QED) is 0.707. The lowest BCUT2D eigenvalue weighted by Crippen LogP contribution is -2.02. The van der Waals surface area contributed by atoms with Crippen LogP contribution in [-0.4, -0.2) is 19.5 Å². The fourth-order valence-electron chi connectivity index (χ4n) is 2.05. The first kappa shape index (κ1) is 14.4. The molecular weight excluding hydrogens is 252 g/mol. The lowest BCUT2D eigenvalue weighted by atomic mass is 10.1. The molecule has 0 saturated heterocycles. The minimum atomic E-state index is 0.650. The molecule has 3 heteroatoms. The third-order valence-corrected chi connectivity index (χ3v) is 3.01. The smallest absolute Gasteiger partial charge is 0.168 e. The molecule has 0 heterocycles. The van der Waals surface area contributed by atoms with E-state index in [4.69, 9.17) is 9.47 Å². The van der Waals surface area contributed by atoms with Gasteiger partial charge in [0, 0.05) is 10.9 Å². The fraction of sp³-hybridized carbons (Fsp3) is 0.353. The van der Waals surface area contributed by atoms with Gasteiger partial charge in [-0.1, -0.05) is 26.0 Å². The van der Waals surface area contributed by atoms with E-state index in [2.05, 4.69) is 13.8 Å². The molecule has 0 radical (unpaired) electrons. The molecule has 106 valence electrons. The van der Waals surface area contributed by atoms with Gasteiger partial charge < -0.3 is 9.47 Å². The number of hydrogen-bond donors (Lipinski definition) is 0. The number of aldehydes is 1. The van der Waals surface area contributed by atoms with Crippen molar-refractivity contribution in [1.29, 1.82) is 0 Å². The Labute approximate surface area is 119 Å². The molecule has 0 aliphatic carbocycles. The Balaban J connectivity index is 2.48. The van der Waals surface area contributed by atoms with E-state index in [0.717, 1.165) is 41.4 Å². The van der Waals surface area contributed by atoms with Gasteiger partial charge in [-0.3, -0.25) is 4.79 Å². The van der Waals surface area contributed by atoms with Crippen LogP contribution in [0.1, 0.15) is 37.0 Å². The van der Waals surface area contributed by atoms with Crippen molar-refractivity contribution < 1.29 is 14.3 Å². The first-order valence-corrected chi connectivity index (χ1v) is 7.07. The third-order valence-electron chi connectivity index (χ3n) is 3.01. The van der Waals surface area contributed by atoms with Crippen molar-refractivity contribution in [2.24, 2.45) is 0 Å². The topological polar surface area (TPSA) is 35.5 Å². The van der Waals surface area contributed by atoms with Crippen LogP contribution < -0.4 is 9.47 Å². The van der Waals surface area contributed by atoms with Gasteiger partial charge in [-0.05, 0) is 36.4 Å². The van der Waals surface area contributed by atoms with Gasteiger partial charge in [0.2, 0.25) is 0 Å². The average molecular weight is 272 g/mol. The predicted molar refractivity (Wildman–Crippen MR) is 80.9 cm³/mol. The molecule has 0 bridgehead atoms. The normalized spacial score (nSPS) is 10.5. The zero-order valence-electron chi connectivity index (χ0n) is 12.0. The summed E-state index contributed by atoms with van der Waals surface area (Å²) >= 11 is 0. The summed E-state index contributed by atoms with van der Waals surface area (Å²) in [6.45, 7) is 5.46. The SMILES string of the molecule is CCCOc1ccc2cc(C=O)ccc2c1OCCC. The van der Waals surface area contributed by atoms with Crippen LogP contribution >= 0.6 is 0 Å². The van der Waals surface area contributed by atoms with Crippen LogP contribution in [0.4, 0.5) is 0 Å². The van der Waals surface area contributed by atoms with E-state index >= 15 is 0 Å². The van der Waals surface area contributed by atoms with Crippen LogP contribution in [0.2, 0.25) is 0 Å². The molecule has 0 spiro atoms. The molecule has 0 unspecified atom stereocenters. The van der Waals surface area contributed by atoms with Crippen LogP contribution in [-0.2, 0) is 0 Å². The second kappa shape index (κ2) is 6.94. The molecule has 2 aromatic carbocycles. The standard InChI is InChI=1S/C17H20O3/c1-3-9-19-16-8-6-14-11-13(12-18)5-7-15(14)17(16)20-10-4-2/h5-8,11-12H,3-4,9-10H2,1-2H3. The lowest BCUT2D eigenvalue weighted by molar-refractivity contribution is 0.112. The van der Waals surface area contributed by atoms with Crippen LogP contribution in [0, 0.1) is 0 Å². The highest BCUT2D eigenvalue weighted by molar-refractivity contribution is 5.94. The summed E-state index contributed by atoms with van der Waals surface area (Å²) in [5.41, 5.74) is 0.668. The van der Waals surface area contributed by atoms with Gasteiger partial charge in [-0.2, -0.15) is 0 Å².